The second kappa shape index (κ2) is 7.44. The van der Waals surface area contributed by atoms with Crippen LogP contribution in [0.3, 0.4) is 0 Å². The van der Waals surface area contributed by atoms with Gasteiger partial charge in [-0.15, -0.1) is 11.3 Å². The average Bonchev–Trinajstić information content (AvgIpc) is 2.74. The zero-order chi connectivity index (χ0) is 14.5. The lowest BCUT2D eigenvalue weighted by atomic mass is 9.95. The van der Waals surface area contributed by atoms with Gasteiger partial charge in [0.25, 0.3) is 0 Å². The molecule has 1 unspecified atom stereocenters. The molecule has 19 heavy (non-hydrogen) atoms. The van der Waals surface area contributed by atoms with E-state index >= 15 is 0 Å². The maximum absolute atomic E-state index is 3.50. The molecular weight excluding hydrogens is 250 g/mol. The quantitative estimate of drug-likeness (QED) is 0.741. The molecule has 0 bridgehead atoms. The van der Waals surface area contributed by atoms with E-state index in [1.165, 1.54) is 24.1 Å². The van der Waals surface area contributed by atoms with Crippen LogP contribution in [0.2, 0.25) is 0 Å². The summed E-state index contributed by atoms with van der Waals surface area (Å²) in [6.07, 6.45) is 3.84. The molecule has 0 radical (unpaired) electrons. The van der Waals surface area contributed by atoms with E-state index in [4.69, 9.17) is 0 Å². The van der Waals surface area contributed by atoms with E-state index < -0.39 is 0 Å². The number of thiophene rings is 1. The van der Waals surface area contributed by atoms with Gasteiger partial charge in [0.2, 0.25) is 0 Å². The molecule has 0 saturated heterocycles. The lowest BCUT2D eigenvalue weighted by Gasteiger charge is -2.15. The van der Waals surface area contributed by atoms with Gasteiger partial charge < -0.3 is 5.32 Å². The number of nitrogens with one attached hydrogen (secondary N) is 1. The van der Waals surface area contributed by atoms with Crippen molar-refractivity contribution in [2.75, 3.05) is 6.54 Å². The van der Waals surface area contributed by atoms with Gasteiger partial charge in [-0.3, -0.25) is 0 Å². The van der Waals surface area contributed by atoms with E-state index in [0.717, 1.165) is 12.5 Å². The summed E-state index contributed by atoms with van der Waals surface area (Å²) in [6.45, 7) is 14.8. The standard InChI is InChI=1S/C17H31NS/c1-13(2)18-12-11-14(3)7-8-15-9-10-16(19-15)17(4,5)6/h9-10,13-14,18H,7-8,11-12H2,1-6H3. The van der Waals surface area contributed by atoms with Crippen LogP contribution in [0.15, 0.2) is 12.1 Å². The van der Waals surface area contributed by atoms with E-state index in [-0.39, 0.29) is 0 Å². The monoisotopic (exact) mass is 281 g/mol. The molecule has 1 nitrogen and oxygen atoms in total. The lowest BCUT2D eigenvalue weighted by Crippen LogP contribution is -2.24. The predicted molar refractivity (Wildman–Crippen MR) is 88.3 cm³/mol. The molecule has 1 heterocycles. The molecule has 0 amide bonds. The fraction of sp³-hybridized carbons (Fsp3) is 0.765. The van der Waals surface area contributed by atoms with E-state index in [9.17, 15) is 0 Å². The topological polar surface area (TPSA) is 12.0 Å². The van der Waals surface area contributed by atoms with Crippen LogP contribution in [0.25, 0.3) is 0 Å². The van der Waals surface area contributed by atoms with Gasteiger partial charge in [-0.25, -0.2) is 0 Å². The number of rotatable bonds is 7. The molecule has 0 aliphatic carbocycles. The summed E-state index contributed by atoms with van der Waals surface area (Å²) in [7, 11) is 0. The Labute approximate surface area is 123 Å². The summed E-state index contributed by atoms with van der Waals surface area (Å²) in [5, 5.41) is 3.50. The summed E-state index contributed by atoms with van der Waals surface area (Å²) < 4.78 is 0. The summed E-state index contributed by atoms with van der Waals surface area (Å²) in [6, 6.07) is 5.24. The first kappa shape index (κ1) is 16.7. The highest BCUT2D eigenvalue weighted by molar-refractivity contribution is 7.12. The third-order valence-electron chi connectivity index (χ3n) is 3.47. The molecule has 0 aromatic carbocycles. The summed E-state index contributed by atoms with van der Waals surface area (Å²) in [4.78, 5) is 3.06. The van der Waals surface area contributed by atoms with Crippen molar-refractivity contribution in [2.45, 2.75) is 72.3 Å². The molecule has 110 valence electrons. The first-order valence-corrected chi connectivity index (χ1v) is 8.43. The SMILES string of the molecule is CC(CCNC(C)C)CCc1ccc(C(C)(C)C)s1. The van der Waals surface area contributed by atoms with Crippen molar-refractivity contribution >= 4 is 11.3 Å². The highest BCUT2D eigenvalue weighted by atomic mass is 32.1. The Balaban J connectivity index is 2.30. The minimum absolute atomic E-state index is 0.301. The number of hydrogen-bond donors (Lipinski definition) is 1. The molecule has 1 aromatic rings. The van der Waals surface area contributed by atoms with Gasteiger partial charge in [0.15, 0.2) is 0 Å². The van der Waals surface area contributed by atoms with Crippen molar-refractivity contribution in [3.05, 3.63) is 21.9 Å². The Morgan fingerprint density at radius 2 is 1.79 bits per heavy atom. The molecule has 0 fully saturated rings. The van der Waals surface area contributed by atoms with Crippen LogP contribution in [-0.4, -0.2) is 12.6 Å². The number of aryl methyl sites for hydroxylation is 1. The average molecular weight is 282 g/mol. The third-order valence-corrected chi connectivity index (χ3v) is 5.04. The highest BCUT2D eigenvalue weighted by Gasteiger charge is 2.16. The second-order valence-electron chi connectivity index (χ2n) is 7.06. The van der Waals surface area contributed by atoms with Crippen molar-refractivity contribution < 1.29 is 0 Å². The fourth-order valence-corrected chi connectivity index (χ4v) is 3.15. The van der Waals surface area contributed by atoms with Crippen LogP contribution in [0, 0.1) is 5.92 Å². The van der Waals surface area contributed by atoms with Crippen molar-refractivity contribution in [3.8, 4) is 0 Å². The van der Waals surface area contributed by atoms with E-state index in [1.807, 2.05) is 11.3 Å². The summed E-state index contributed by atoms with van der Waals surface area (Å²) >= 11 is 1.99. The summed E-state index contributed by atoms with van der Waals surface area (Å²) in [5.41, 5.74) is 0.301. The lowest BCUT2D eigenvalue weighted by molar-refractivity contribution is 0.455. The molecule has 1 atom stereocenters. The zero-order valence-electron chi connectivity index (χ0n) is 13.5. The van der Waals surface area contributed by atoms with Gasteiger partial charge in [0.05, 0.1) is 0 Å². The molecule has 0 saturated carbocycles. The van der Waals surface area contributed by atoms with Crippen molar-refractivity contribution in [3.63, 3.8) is 0 Å². The van der Waals surface area contributed by atoms with Crippen LogP contribution in [0.5, 0.6) is 0 Å². The molecule has 1 aromatic heterocycles. The fourth-order valence-electron chi connectivity index (χ4n) is 2.07. The Bertz CT molecular complexity index is 360. The minimum atomic E-state index is 0.301. The maximum atomic E-state index is 3.50. The molecule has 2 heteroatoms. The van der Waals surface area contributed by atoms with E-state index in [1.54, 1.807) is 4.88 Å². The van der Waals surface area contributed by atoms with Crippen LogP contribution >= 0.6 is 11.3 Å². The van der Waals surface area contributed by atoms with E-state index in [0.29, 0.717) is 11.5 Å². The van der Waals surface area contributed by atoms with Crippen molar-refractivity contribution in [2.24, 2.45) is 5.92 Å². The molecule has 0 aliphatic rings. The highest BCUT2D eigenvalue weighted by Crippen LogP contribution is 2.30. The molecular formula is C17H31NS. The first-order valence-electron chi connectivity index (χ1n) is 7.61. The van der Waals surface area contributed by atoms with Gasteiger partial charge in [-0.05, 0) is 49.3 Å². The first-order chi connectivity index (χ1) is 8.79. The third kappa shape index (κ3) is 6.58. The van der Waals surface area contributed by atoms with Gasteiger partial charge >= 0.3 is 0 Å². The molecule has 0 spiro atoms. The Hall–Kier alpha value is -0.340. The second-order valence-corrected chi connectivity index (χ2v) is 8.23. The number of hydrogen-bond acceptors (Lipinski definition) is 2. The largest absolute Gasteiger partial charge is 0.315 e. The van der Waals surface area contributed by atoms with Gasteiger partial charge in [-0.1, -0.05) is 41.5 Å². The van der Waals surface area contributed by atoms with Crippen molar-refractivity contribution in [1.82, 2.24) is 5.32 Å². The Kier molecular flexibility index (Phi) is 6.55. The van der Waals surface area contributed by atoms with Gasteiger partial charge in [0.1, 0.15) is 0 Å². The Morgan fingerprint density at radius 3 is 2.32 bits per heavy atom. The Morgan fingerprint density at radius 1 is 1.11 bits per heavy atom. The normalized spacial score (nSPS) is 14.1. The predicted octanol–water partition coefficient (Wildman–Crippen LogP) is 5.00. The maximum Gasteiger partial charge on any atom is 0.0102 e. The van der Waals surface area contributed by atoms with Gasteiger partial charge in [0, 0.05) is 15.8 Å². The molecule has 1 rings (SSSR count). The van der Waals surface area contributed by atoms with Gasteiger partial charge in [-0.2, -0.15) is 0 Å². The smallest absolute Gasteiger partial charge is 0.0102 e. The minimum Gasteiger partial charge on any atom is -0.315 e. The van der Waals surface area contributed by atoms with Crippen LogP contribution < -0.4 is 5.32 Å². The molecule has 0 aliphatic heterocycles. The zero-order valence-corrected chi connectivity index (χ0v) is 14.4. The van der Waals surface area contributed by atoms with Crippen LogP contribution in [0.1, 0.15) is 64.1 Å². The van der Waals surface area contributed by atoms with Crippen molar-refractivity contribution in [1.29, 1.82) is 0 Å². The molecule has 1 N–H and O–H groups in total. The van der Waals surface area contributed by atoms with Crippen LogP contribution in [0.4, 0.5) is 0 Å². The van der Waals surface area contributed by atoms with Crippen LogP contribution in [-0.2, 0) is 11.8 Å². The van der Waals surface area contributed by atoms with E-state index in [2.05, 4.69) is 59.0 Å². The summed E-state index contributed by atoms with van der Waals surface area (Å²) in [5.74, 6) is 0.812.